The fourth-order valence-corrected chi connectivity index (χ4v) is 6.62. The quantitative estimate of drug-likeness (QED) is 0.382. The minimum Gasteiger partial charge on any atom is -0.372 e. The SMILES string of the molecule is C[C@@H]1CN(c2cccc(-c3ccc4cnc(CNC(=O)c5ccc6c(c5)S(=O)(=O)COCC6)cc4n3)n2)C[C@H](C)O1. The number of hydrogen-bond acceptors (Lipinski definition) is 9. The van der Waals surface area contributed by atoms with Crippen molar-refractivity contribution in [2.75, 3.05) is 30.5 Å². The number of carbonyl (C=O) groups is 1. The van der Waals surface area contributed by atoms with E-state index in [1.54, 1.807) is 18.3 Å². The number of nitrogens with one attached hydrogen (secondary N) is 1. The number of benzene rings is 1. The van der Waals surface area contributed by atoms with Crippen LogP contribution in [0.15, 0.2) is 65.7 Å². The molecule has 1 saturated heterocycles. The Kier molecular flexibility index (Phi) is 7.41. The van der Waals surface area contributed by atoms with Gasteiger partial charge >= 0.3 is 0 Å². The van der Waals surface area contributed by atoms with Crippen LogP contribution in [0.25, 0.3) is 22.3 Å². The van der Waals surface area contributed by atoms with Crippen molar-refractivity contribution in [3.05, 3.63) is 77.6 Å². The van der Waals surface area contributed by atoms with Crippen LogP contribution in [0.5, 0.6) is 0 Å². The first-order valence-corrected chi connectivity index (χ1v) is 15.3. The Balaban J connectivity index is 1.19. The van der Waals surface area contributed by atoms with Crippen molar-refractivity contribution in [1.82, 2.24) is 20.3 Å². The molecule has 2 aliphatic rings. The average molecular weight is 574 g/mol. The molecule has 5 heterocycles. The van der Waals surface area contributed by atoms with Crippen LogP contribution in [-0.2, 0) is 32.3 Å². The van der Waals surface area contributed by atoms with Gasteiger partial charge in [-0.25, -0.2) is 18.4 Å². The molecule has 0 unspecified atom stereocenters. The minimum atomic E-state index is -3.60. The summed E-state index contributed by atoms with van der Waals surface area (Å²) in [6.07, 6.45) is 2.48. The summed E-state index contributed by atoms with van der Waals surface area (Å²) in [7, 11) is -3.60. The number of fused-ring (bicyclic) bond motifs is 2. The van der Waals surface area contributed by atoms with Crippen molar-refractivity contribution in [1.29, 1.82) is 0 Å². The van der Waals surface area contributed by atoms with Gasteiger partial charge < -0.3 is 19.7 Å². The predicted molar refractivity (Wildman–Crippen MR) is 154 cm³/mol. The second kappa shape index (κ2) is 11.2. The largest absolute Gasteiger partial charge is 0.372 e. The van der Waals surface area contributed by atoms with Crippen molar-refractivity contribution >= 4 is 32.5 Å². The van der Waals surface area contributed by atoms with E-state index >= 15 is 0 Å². The van der Waals surface area contributed by atoms with E-state index in [4.69, 9.17) is 19.4 Å². The molecule has 11 heteroatoms. The van der Waals surface area contributed by atoms with Gasteiger partial charge in [0, 0.05) is 30.2 Å². The van der Waals surface area contributed by atoms with Crippen LogP contribution in [-0.4, -0.2) is 67.1 Å². The molecule has 212 valence electrons. The molecule has 0 aliphatic carbocycles. The molecule has 1 amide bonds. The molecule has 2 atom stereocenters. The van der Waals surface area contributed by atoms with Gasteiger partial charge in [0.2, 0.25) is 9.84 Å². The minimum absolute atomic E-state index is 0.133. The lowest BCUT2D eigenvalue weighted by atomic mass is 10.1. The van der Waals surface area contributed by atoms with Gasteiger partial charge in [-0.15, -0.1) is 0 Å². The highest BCUT2D eigenvalue weighted by atomic mass is 32.2. The Hall–Kier alpha value is -3.93. The number of amides is 1. The molecular formula is C30H31N5O5S. The number of pyridine rings is 3. The first-order chi connectivity index (χ1) is 19.7. The zero-order valence-electron chi connectivity index (χ0n) is 22.9. The maximum absolute atomic E-state index is 12.9. The van der Waals surface area contributed by atoms with E-state index in [0.717, 1.165) is 41.2 Å². The summed E-state index contributed by atoms with van der Waals surface area (Å²) < 4.78 is 36.1. The first-order valence-electron chi connectivity index (χ1n) is 13.6. The predicted octanol–water partition coefficient (Wildman–Crippen LogP) is 3.54. The Morgan fingerprint density at radius 2 is 1.83 bits per heavy atom. The zero-order valence-corrected chi connectivity index (χ0v) is 23.7. The van der Waals surface area contributed by atoms with Gasteiger partial charge in [-0.1, -0.05) is 12.1 Å². The highest BCUT2D eigenvalue weighted by Crippen LogP contribution is 2.25. The van der Waals surface area contributed by atoms with Crippen LogP contribution >= 0.6 is 0 Å². The summed E-state index contributed by atoms with van der Waals surface area (Å²) in [6, 6.07) is 16.4. The van der Waals surface area contributed by atoms with Gasteiger partial charge in [-0.3, -0.25) is 9.78 Å². The fourth-order valence-electron chi connectivity index (χ4n) is 5.28. The van der Waals surface area contributed by atoms with Crippen LogP contribution in [0.2, 0.25) is 0 Å². The van der Waals surface area contributed by atoms with Crippen molar-refractivity contribution in [3.8, 4) is 11.4 Å². The first kappa shape index (κ1) is 27.3. The summed E-state index contributed by atoms with van der Waals surface area (Å²) >= 11 is 0. The maximum Gasteiger partial charge on any atom is 0.251 e. The van der Waals surface area contributed by atoms with Crippen LogP contribution in [0.3, 0.4) is 0 Å². The molecule has 2 aliphatic heterocycles. The molecule has 6 rings (SSSR count). The Bertz CT molecular complexity index is 1720. The standard InChI is InChI=1S/C30H31N5O5S/c1-19-16-35(17-20(2)40-19)29-5-3-4-25(34-29)26-9-8-23-14-31-24(13-27(23)33-26)15-32-30(36)22-7-6-21-10-11-39-18-41(37,38)28(21)12-22/h3-9,12-14,19-20H,10-11,15-18H2,1-2H3,(H,32,36)/t19-,20+. The summed E-state index contributed by atoms with van der Waals surface area (Å²) in [6.45, 7) is 6.19. The van der Waals surface area contributed by atoms with Crippen molar-refractivity contribution in [2.24, 2.45) is 0 Å². The molecule has 1 N–H and O–H groups in total. The number of sulfone groups is 1. The number of hydrogen-bond donors (Lipinski definition) is 1. The van der Waals surface area contributed by atoms with Crippen molar-refractivity contribution < 1.29 is 22.7 Å². The van der Waals surface area contributed by atoms with E-state index in [9.17, 15) is 13.2 Å². The van der Waals surface area contributed by atoms with Gasteiger partial charge in [-0.2, -0.15) is 0 Å². The number of aromatic nitrogens is 3. The van der Waals surface area contributed by atoms with Crippen LogP contribution in [0, 0.1) is 0 Å². The normalized spacial score (nSPS) is 20.3. The second-order valence-electron chi connectivity index (χ2n) is 10.5. The Morgan fingerprint density at radius 3 is 2.66 bits per heavy atom. The van der Waals surface area contributed by atoms with Crippen LogP contribution < -0.4 is 10.2 Å². The molecule has 3 aromatic heterocycles. The summed E-state index contributed by atoms with van der Waals surface area (Å²) in [5, 5.41) is 3.71. The lowest BCUT2D eigenvalue weighted by Gasteiger charge is -2.36. The molecule has 0 radical (unpaired) electrons. The third-order valence-corrected chi connectivity index (χ3v) is 8.75. The van der Waals surface area contributed by atoms with E-state index in [-0.39, 0.29) is 41.1 Å². The highest BCUT2D eigenvalue weighted by Gasteiger charge is 2.25. The molecule has 0 bridgehead atoms. The van der Waals surface area contributed by atoms with E-state index in [1.165, 1.54) is 6.07 Å². The summed E-state index contributed by atoms with van der Waals surface area (Å²) in [5.41, 5.74) is 3.80. The number of morpholine rings is 1. The number of rotatable bonds is 5. The van der Waals surface area contributed by atoms with E-state index in [2.05, 4.69) is 29.0 Å². The van der Waals surface area contributed by atoms with E-state index < -0.39 is 9.84 Å². The van der Waals surface area contributed by atoms with Crippen LogP contribution in [0.4, 0.5) is 5.82 Å². The van der Waals surface area contributed by atoms with Gasteiger partial charge in [0.1, 0.15) is 5.82 Å². The van der Waals surface area contributed by atoms with Crippen molar-refractivity contribution in [2.45, 2.75) is 43.9 Å². The summed E-state index contributed by atoms with van der Waals surface area (Å²) in [5.74, 6) is 0.124. The number of anilines is 1. The lowest BCUT2D eigenvalue weighted by molar-refractivity contribution is -0.00545. The van der Waals surface area contributed by atoms with E-state index in [1.807, 2.05) is 36.4 Å². The number of nitrogens with zero attached hydrogens (tertiary/aromatic N) is 4. The Labute approximate surface area is 238 Å². The number of carbonyl (C=O) groups excluding carboxylic acids is 1. The summed E-state index contributed by atoms with van der Waals surface area (Å²) in [4.78, 5) is 29.5. The highest BCUT2D eigenvalue weighted by molar-refractivity contribution is 7.91. The zero-order chi connectivity index (χ0) is 28.6. The molecule has 41 heavy (non-hydrogen) atoms. The third-order valence-electron chi connectivity index (χ3n) is 7.22. The van der Waals surface area contributed by atoms with Crippen molar-refractivity contribution in [3.63, 3.8) is 0 Å². The molecule has 4 aromatic rings. The molecular weight excluding hydrogens is 542 g/mol. The average Bonchev–Trinajstić information content (AvgIpc) is 3.12. The van der Waals surface area contributed by atoms with Gasteiger partial charge in [0.25, 0.3) is 5.91 Å². The van der Waals surface area contributed by atoms with Gasteiger partial charge in [-0.05, 0) is 68.3 Å². The van der Waals surface area contributed by atoms with E-state index in [0.29, 0.717) is 24.3 Å². The maximum atomic E-state index is 12.9. The van der Waals surface area contributed by atoms with Gasteiger partial charge in [0.05, 0.1) is 52.9 Å². The molecule has 0 saturated carbocycles. The topological polar surface area (TPSA) is 124 Å². The lowest BCUT2D eigenvalue weighted by Crippen LogP contribution is -2.45. The van der Waals surface area contributed by atoms with Gasteiger partial charge in [0.15, 0.2) is 5.94 Å². The number of ether oxygens (including phenoxy) is 2. The Morgan fingerprint density at radius 1 is 1.02 bits per heavy atom. The fraction of sp³-hybridized carbons (Fsp3) is 0.333. The molecule has 1 fully saturated rings. The third kappa shape index (κ3) is 5.92. The molecule has 10 nitrogen and oxygen atoms in total. The molecule has 0 spiro atoms. The monoisotopic (exact) mass is 573 g/mol. The second-order valence-corrected chi connectivity index (χ2v) is 12.4. The molecule has 1 aromatic carbocycles. The van der Waals surface area contributed by atoms with Crippen LogP contribution in [0.1, 0.15) is 35.5 Å². The smallest absolute Gasteiger partial charge is 0.251 e.